The molecule has 0 aliphatic heterocycles. The molecular formula is C15H12N2O2. The van der Waals surface area contributed by atoms with Crippen LogP contribution < -0.4 is 10.3 Å². The van der Waals surface area contributed by atoms with Gasteiger partial charge in [0.1, 0.15) is 5.75 Å². The van der Waals surface area contributed by atoms with E-state index in [1.165, 1.54) is 0 Å². The van der Waals surface area contributed by atoms with Crippen LogP contribution in [0.25, 0.3) is 22.0 Å². The van der Waals surface area contributed by atoms with E-state index in [1.807, 2.05) is 24.3 Å². The Hall–Kier alpha value is -2.62. The third-order valence-corrected chi connectivity index (χ3v) is 3.02. The van der Waals surface area contributed by atoms with Gasteiger partial charge in [-0.3, -0.25) is 9.78 Å². The number of H-pyrrole nitrogens is 1. The van der Waals surface area contributed by atoms with Crippen LogP contribution in [0.2, 0.25) is 0 Å². The Morgan fingerprint density at radius 1 is 1.21 bits per heavy atom. The highest BCUT2D eigenvalue weighted by molar-refractivity contribution is 5.86. The lowest BCUT2D eigenvalue weighted by molar-refractivity contribution is 0.415. The fraction of sp³-hybridized carbons (Fsp3) is 0.0667. The van der Waals surface area contributed by atoms with Gasteiger partial charge in [0.05, 0.1) is 12.8 Å². The standard InChI is InChI=1S/C15H12N2O2/c1-19-12-4-5-13-11(7-12)8-14(17-15(13)18)10-3-2-6-16-9-10/h2-9H,1H3,(H,17,18). The molecule has 3 aromatic rings. The van der Waals surface area contributed by atoms with Gasteiger partial charge in [-0.1, -0.05) is 0 Å². The average Bonchev–Trinajstić information content (AvgIpc) is 2.47. The minimum absolute atomic E-state index is 0.112. The minimum atomic E-state index is -0.112. The third kappa shape index (κ3) is 2.08. The van der Waals surface area contributed by atoms with E-state index < -0.39 is 0 Å². The van der Waals surface area contributed by atoms with Crippen molar-refractivity contribution in [3.63, 3.8) is 0 Å². The summed E-state index contributed by atoms with van der Waals surface area (Å²) in [6.07, 6.45) is 3.42. The van der Waals surface area contributed by atoms with Gasteiger partial charge in [-0.25, -0.2) is 0 Å². The molecule has 2 heterocycles. The van der Waals surface area contributed by atoms with Crippen LogP contribution in [0.3, 0.4) is 0 Å². The highest BCUT2D eigenvalue weighted by atomic mass is 16.5. The topological polar surface area (TPSA) is 55.0 Å². The zero-order valence-electron chi connectivity index (χ0n) is 10.4. The number of aromatic nitrogens is 2. The molecule has 19 heavy (non-hydrogen) atoms. The summed E-state index contributed by atoms with van der Waals surface area (Å²) in [4.78, 5) is 19.0. The van der Waals surface area contributed by atoms with Crippen LogP contribution in [0.5, 0.6) is 5.75 Å². The molecule has 0 aliphatic carbocycles. The van der Waals surface area contributed by atoms with Crippen LogP contribution in [0, 0.1) is 0 Å². The number of aromatic amines is 1. The van der Waals surface area contributed by atoms with E-state index in [2.05, 4.69) is 9.97 Å². The molecule has 3 rings (SSSR count). The molecule has 0 fully saturated rings. The van der Waals surface area contributed by atoms with Crippen LogP contribution in [0.15, 0.2) is 53.6 Å². The second-order valence-electron chi connectivity index (χ2n) is 4.21. The first-order valence-electron chi connectivity index (χ1n) is 5.89. The average molecular weight is 252 g/mol. The van der Waals surface area contributed by atoms with Crippen LogP contribution >= 0.6 is 0 Å². The highest BCUT2D eigenvalue weighted by Gasteiger charge is 2.05. The van der Waals surface area contributed by atoms with Gasteiger partial charge in [-0.15, -0.1) is 0 Å². The lowest BCUT2D eigenvalue weighted by Gasteiger charge is -2.05. The Labute approximate surface area is 109 Å². The Bertz CT molecular complexity index is 779. The van der Waals surface area contributed by atoms with Crippen molar-refractivity contribution in [3.8, 4) is 17.0 Å². The largest absolute Gasteiger partial charge is 0.497 e. The molecule has 4 nitrogen and oxygen atoms in total. The summed E-state index contributed by atoms with van der Waals surface area (Å²) in [7, 11) is 1.61. The van der Waals surface area contributed by atoms with Gasteiger partial charge < -0.3 is 9.72 Å². The Kier molecular flexibility index (Phi) is 2.76. The van der Waals surface area contributed by atoms with E-state index in [-0.39, 0.29) is 5.56 Å². The number of hydrogen-bond donors (Lipinski definition) is 1. The van der Waals surface area contributed by atoms with Crippen molar-refractivity contribution in [3.05, 3.63) is 59.1 Å². The number of rotatable bonds is 2. The summed E-state index contributed by atoms with van der Waals surface area (Å²) in [5.41, 5.74) is 1.52. The molecule has 0 aliphatic rings. The number of methoxy groups -OCH3 is 1. The summed E-state index contributed by atoms with van der Waals surface area (Å²) in [5.74, 6) is 0.732. The van der Waals surface area contributed by atoms with Crippen LogP contribution in [0.1, 0.15) is 0 Å². The molecule has 0 saturated heterocycles. The number of nitrogens with zero attached hydrogens (tertiary/aromatic N) is 1. The second kappa shape index (κ2) is 4.57. The zero-order valence-corrected chi connectivity index (χ0v) is 10.4. The summed E-state index contributed by atoms with van der Waals surface area (Å²) < 4.78 is 5.18. The van der Waals surface area contributed by atoms with Crippen molar-refractivity contribution < 1.29 is 4.74 Å². The lowest BCUT2D eigenvalue weighted by atomic mass is 10.1. The summed E-state index contributed by atoms with van der Waals surface area (Å²) in [6, 6.07) is 11.1. The fourth-order valence-electron chi connectivity index (χ4n) is 2.05. The van der Waals surface area contributed by atoms with Crippen molar-refractivity contribution in [1.29, 1.82) is 0 Å². The summed E-state index contributed by atoms with van der Waals surface area (Å²) in [6.45, 7) is 0. The second-order valence-corrected chi connectivity index (χ2v) is 4.21. The molecule has 1 aromatic carbocycles. The molecular weight excluding hydrogens is 240 g/mol. The molecule has 0 bridgehead atoms. The van der Waals surface area contributed by atoms with Crippen LogP contribution in [0.4, 0.5) is 0 Å². The van der Waals surface area contributed by atoms with E-state index >= 15 is 0 Å². The molecule has 1 N–H and O–H groups in total. The van der Waals surface area contributed by atoms with E-state index in [0.717, 1.165) is 22.4 Å². The first-order valence-corrected chi connectivity index (χ1v) is 5.89. The molecule has 0 unspecified atom stereocenters. The van der Waals surface area contributed by atoms with Crippen LogP contribution in [-0.2, 0) is 0 Å². The van der Waals surface area contributed by atoms with Crippen molar-refractivity contribution in [2.24, 2.45) is 0 Å². The van der Waals surface area contributed by atoms with Gasteiger partial charge in [0.25, 0.3) is 5.56 Å². The molecule has 0 atom stereocenters. The van der Waals surface area contributed by atoms with Gasteiger partial charge in [-0.2, -0.15) is 0 Å². The maximum absolute atomic E-state index is 12.1. The molecule has 4 heteroatoms. The smallest absolute Gasteiger partial charge is 0.256 e. The molecule has 0 radical (unpaired) electrons. The van der Waals surface area contributed by atoms with E-state index in [9.17, 15) is 4.79 Å². The first kappa shape index (κ1) is 11.5. The van der Waals surface area contributed by atoms with E-state index in [1.54, 1.807) is 31.6 Å². The van der Waals surface area contributed by atoms with Crippen LogP contribution in [-0.4, -0.2) is 17.1 Å². The lowest BCUT2D eigenvalue weighted by Crippen LogP contribution is -2.07. The third-order valence-electron chi connectivity index (χ3n) is 3.02. The molecule has 0 saturated carbocycles. The van der Waals surface area contributed by atoms with Gasteiger partial charge in [0, 0.05) is 23.3 Å². The zero-order chi connectivity index (χ0) is 13.2. The Balaban J connectivity index is 2.26. The summed E-state index contributed by atoms with van der Waals surface area (Å²) >= 11 is 0. The van der Waals surface area contributed by atoms with Gasteiger partial charge in [-0.05, 0) is 41.8 Å². The highest BCUT2D eigenvalue weighted by Crippen LogP contribution is 2.22. The Morgan fingerprint density at radius 3 is 2.84 bits per heavy atom. The van der Waals surface area contributed by atoms with Crippen molar-refractivity contribution in [2.75, 3.05) is 7.11 Å². The number of nitrogens with one attached hydrogen (secondary N) is 1. The number of fused-ring (bicyclic) bond motifs is 1. The molecule has 2 aromatic heterocycles. The number of ether oxygens (including phenoxy) is 1. The predicted octanol–water partition coefficient (Wildman–Crippen LogP) is 2.60. The number of pyridine rings is 2. The number of hydrogen-bond acceptors (Lipinski definition) is 3. The molecule has 94 valence electrons. The molecule has 0 amide bonds. The van der Waals surface area contributed by atoms with Gasteiger partial charge in [0.15, 0.2) is 0 Å². The SMILES string of the molecule is COc1ccc2c(=O)[nH]c(-c3cccnc3)cc2c1. The first-order chi connectivity index (χ1) is 9.28. The minimum Gasteiger partial charge on any atom is -0.497 e. The maximum atomic E-state index is 12.1. The van der Waals surface area contributed by atoms with Gasteiger partial charge in [0.2, 0.25) is 0 Å². The Morgan fingerprint density at radius 2 is 2.11 bits per heavy atom. The quantitative estimate of drug-likeness (QED) is 0.762. The van der Waals surface area contributed by atoms with E-state index in [0.29, 0.717) is 5.39 Å². The maximum Gasteiger partial charge on any atom is 0.256 e. The van der Waals surface area contributed by atoms with Crippen molar-refractivity contribution in [2.45, 2.75) is 0 Å². The van der Waals surface area contributed by atoms with Crippen molar-refractivity contribution >= 4 is 10.8 Å². The fourth-order valence-corrected chi connectivity index (χ4v) is 2.05. The monoisotopic (exact) mass is 252 g/mol. The number of benzene rings is 1. The summed E-state index contributed by atoms with van der Waals surface area (Å²) in [5, 5.41) is 1.50. The molecule has 0 spiro atoms. The van der Waals surface area contributed by atoms with E-state index in [4.69, 9.17) is 4.74 Å². The van der Waals surface area contributed by atoms with Crippen molar-refractivity contribution in [1.82, 2.24) is 9.97 Å². The predicted molar refractivity (Wildman–Crippen MR) is 74.4 cm³/mol. The van der Waals surface area contributed by atoms with Gasteiger partial charge >= 0.3 is 0 Å². The normalized spacial score (nSPS) is 10.6.